The summed E-state index contributed by atoms with van der Waals surface area (Å²) in [5.41, 5.74) is 5.14. The fourth-order valence-electron chi connectivity index (χ4n) is 2.30. The summed E-state index contributed by atoms with van der Waals surface area (Å²) in [5, 5.41) is 13.9. The van der Waals surface area contributed by atoms with E-state index in [2.05, 4.69) is 72.2 Å². The molecule has 0 atom stereocenters. The van der Waals surface area contributed by atoms with Crippen LogP contribution in [0.1, 0.15) is 36.5 Å². The molecule has 0 aromatic heterocycles. The van der Waals surface area contributed by atoms with E-state index < -0.39 is 0 Å². The van der Waals surface area contributed by atoms with Gasteiger partial charge in [-0.15, -0.1) is 0 Å². The Labute approximate surface area is 183 Å². The highest BCUT2D eigenvalue weighted by atomic mass is 79.9. The maximum absolute atomic E-state index is 12.0. The molecule has 5 nitrogen and oxygen atoms in total. The van der Waals surface area contributed by atoms with Crippen molar-refractivity contribution in [2.45, 2.75) is 26.7 Å². The van der Waals surface area contributed by atoms with Crippen LogP contribution in [-0.4, -0.2) is 23.8 Å². The molecule has 0 saturated heterocycles. The predicted octanol–water partition coefficient (Wildman–Crippen LogP) is 5.64. The van der Waals surface area contributed by atoms with E-state index >= 15 is 0 Å². The number of halogens is 3. The van der Waals surface area contributed by atoms with Crippen molar-refractivity contribution in [3.63, 3.8) is 0 Å². The van der Waals surface area contributed by atoms with Crippen molar-refractivity contribution < 1.29 is 14.6 Å². The molecule has 0 heterocycles. The fourth-order valence-corrected chi connectivity index (χ4v) is 4.63. The molecule has 0 aliphatic heterocycles. The molecule has 2 aromatic rings. The van der Waals surface area contributed by atoms with E-state index in [1.165, 1.54) is 6.21 Å². The Morgan fingerprint density at radius 2 is 1.96 bits per heavy atom. The third-order valence-electron chi connectivity index (χ3n) is 3.71. The van der Waals surface area contributed by atoms with E-state index in [0.717, 1.165) is 11.1 Å². The zero-order valence-electron chi connectivity index (χ0n) is 15.0. The molecule has 0 aliphatic rings. The predicted molar refractivity (Wildman–Crippen MR) is 118 cm³/mol. The van der Waals surface area contributed by atoms with Crippen molar-refractivity contribution in [1.82, 2.24) is 5.43 Å². The molecule has 0 bridgehead atoms. The summed E-state index contributed by atoms with van der Waals surface area (Å²) >= 11 is 9.93. The Balaban J connectivity index is 2.01. The Morgan fingerprint density at radius 1 is 1.26 bits per heavy atom. The number of hydrazone groups is 1. The van der Waals surface area contributed by atoms with Gasteiger partial charge < -0.3 is 9.84 Å². The molecule has 2 rings (SSSR count). The van der Waals surface area contributed by atoms with Crippen LogP contribution >= 0.6 is 47.8 Å². The third-order valence-corrected chi connectivity index (χ3v) is 5.78. The molecule has 8 heteroatoms. The summed E-state index contributed by atoms with van der Waals surface area (Å²) in [6.45, 7) is 5.98. The second kappa shape index (κ2) is 9.71. The van der Waals surface area contributed by atoms with Crippen molar-refractivity contribution in [3.8, 4) is 11.5 Å². The molecule has 0 saturated carbocycles. The quantitative estimate of drug-likeness (QED) is 0.353. The number of hydrogen-bond acceptors (Lipinski definition) is 4. The molecule has 1 amide bonds. The summed E-state index contributed by atoms with van der Waals surface area (Å²) in [6.07, 6.45) is 1.43. The van der Waals surface area contributed by atoms with Gasteiger partial charge in [0.05, 0.1) is 15.2 Å². The monoisotopic (exact) mass is 560 g/mol. The normalized spacial score (nSPS) is 11.2. The standard InChI is InChI=1S/C19H19Br3N2O3/c1-10(2)12-5-4-11(3)6-16(12)27-9-17(25)24-23-8-13-14(20)7-15(21)19(26)18(13)22/h4-8,10,26H,9H2,1-3H3,(H,24,25)/b23-8-. The van der Waals surface area contributed by atoms with Crippen LogP contribution in [-0.2, 0) is 4.79 Å². The van der Waals surface area contributed by atoms with Gasteiger partial charge >= 0.3 is 0 Å². The zero-order chi connectivity index (χ0) is 20.1. The molecule has 0 unspecified atom stereocenters. The molecule has 144 valence electrons. The molecule has 2 N–H and O–H groups in total. The lowest BCUT2D eigenvalue weighted by atomic mass is 10.0. The van der Waals surface area contributed by atoms with Crippen LogP contribution in [0.25, 0.3) is 0 Å². The molecule has 0 radical (unpaired) electrons. The first-order valence-corrected chi connectivity index (χ1v) is 10.5. The topological polar surface area (TPSA) is 70.9 Å². The van der Waals surface area contributed by atoms with E-state index in [0.29, 0.717) is 30.6 Å². The van der Waals surface area contributed by atoms with Crippen molar-refractivity contribution in [3.05, 3.63) is 54.4 Å². The van der Waals surface area contributed by atoms with Gasteiger partial charge in [-0.25, -0.2) is 5.43 Å². The summed E-state index contributed by atoms with van der Waals surface area (Å²) in [6, 6.07) is 7.65. The molecule has 0 spiro atoms. The number of nitrogens with one attached hydrogen (secondary N) is 1. The molecular formula is C19H19Br3N2O3. The smallest absolute Gasteiger partial charge is 0.277 e. The molecule has 27 heavy (non-hydrogen) atoms. The summed E-state index contributed by atoms with van der Waals surface area (Å²) in [7, 11) is 0. The van der Waals surface area contributed by atoms with Gasteiger partial charge in [0.2, 0.25) is 0 Å². The number of rotatable bonds is 6. The number of carbonyl (C=O) groups excluding carboxylic acids is 1. The largest absolute Gasteiger partial charge is 0.506 e. The fraction of sp³-hybridized carbons (Fsp3) is 0.263. The Kier molecular flexibility index (Phi) is 7.88. The highest BCUT2D eigenvalue weighted by molar-refractivity contribution is 9.11. The molecule has 0 aliphatic carbocycles. The molecular weight excluding hydrogens is 544 g/mol. The number of benzene rings is 2. The summed E-state index contributed by atoms with van der Waals surface area (Å²) < 4.78 is 7.37. The van der Waals surface area contributed by atoms with Gasteiger partial charge in [0.15, 0.2) is 6.61 Å². The lowest BCUT2D eigenvalue weighted by molar-refractivity contribution is -0.123. The number of aromatic hydroxyl groups is 1. The van der Waals surface area contributed by atoms with Crippen molar-refractivity contribution >= 4 is 59.9 Å². The SMILES string of the molecule is Cc1ccc(C(C)C)c(OCC(=O)N/N=C\c2c(Br)cc(Br)c(O)c2Br)c1. The van der Waals surface area contributed by atoms with E-state index in [1.54, 1.807) is 6.07 Å². The van der Waals surface area contributed by atoms with Gasteiger partial charge in [0, 0.05) is 10.0 Å². The Morgan fingerprint density at radius 3 is 2.63 bits per heavy atom. The zero-order valence-corrected chi connectivity index (χ0v) is 19.8. The van der Waals surface area contributed by atoms with Gasteiger partial charge in [-0.3, -0.25) is 4.79 Å². The first-order chi connectivity index (χ1) is 12.7. The second-order valence-corrected chi connectivity index (χ2v) is 8.70. The van der Waals surface area contributed by atoms with Crippen LogP contribution in [0.4, 0.5) is 0 Å². The average molecular weight is 563 g/mol. The number of nitrogens with zero attached hydrogens (tertiary/aromatic N) is 1. The molecule has 0 fully saturated rings. The van der Waals surface area contributed by atoms with E-state index in [9.17, 15) is 9.90 Å². The van der Waals surface area contributed by atoms with Gasteiger partial charge in [-0.2, -0.15) is 5.10 Å². The number of ether oxygens (including phenoxy) is 1. The lowest BCUT2D eigenvalue weighted by Gasteiger charge is -2.14. The number of aryl methyl sites for hydroxylation is 1. The number of phenolic OH excluding ortho intramolecular Hbond substituents is 1. The maximum atomic E-state index is 12.0. The van der Waals surface area contributed by atoms with Crippen LogP contribution in [0, 0.1) is 6.92 Å². The first kappa shape index (κ1) is 21.9. The number of amides is 1. The Hall–Kier alpha value is -1.38. The van der Waals surface area contributed by atoms with Crippen LogP contribution in [0.3, 0.4) is 0 Å². The van der Waals surface area contributed by atoms with Crippen LogP contribution in [0.5, 0.6) is 11.5 Å². The van der Waals surface area contributed by atoms with E-state index in [1.807, 2.05) is 25.1 Å². The van der Waals surface area contributed by atoms with Gasteiger partial charge in [-0.05, 0) is 68.0 Å². The van der Waals surface area contributed by atoms with Crippen LogP contribution in [0.15, 0.2) is 42.8 Å². The summed E-state index contributed by atoms with van der Waals surface area (Å²) in [5.74, 6) is 0.667. The summed E-state index contributed by atoms with van der Waals surface area (Å²) in [4.78, 5) is 12.0. The first-order valence-electron chi connectivity index (χ1n) is 8.12. The Bertz CT molecular complexity index is 883. The maximum Gasteiger partial charge on any atom is 0.277 e. The number of phenols is 1. The van der Waals surface area contributed by atoms with Crippen LogP contribution < -0.4 is 10.2 Å². The third kappa shape index (κ3) is 5.80. The number of hydrogen-bond donors (Lipinski definition) is 2. The average Bonchev–Trinajstić information content (AvgIpc) is 2.60. The minimum atomic E-state index is -0.379. The minimum absolute atomic E-state index is 0.0509. The van der Waals surface area contributed by atoms with Gasteiger partial charge in [0.25, 0.3) is 5.91 Å². The van der Waals surface area contributed by atoms with E-state index in [-0.39, 0.29) is 18.3 Å². The number of carbonyl (C=O) groups is 1. The van der Waals surface area contributed by atoms with Gasteiger partial charge in [0.1, 0.15) is 11.5 Å². The minimum Gasteiger partial charge on any atom is -0.506 e. The van der Waals surface area contributed by atoms with Crippen molar-refractivity contribution in [2.75, 3.05) is 6.61 Å². The van der Waals surface area contributed by atoms with Gasteiger partial charge in [-0.1, -0.05) is 41.9 Å². The highest BCUT2D eigenvalue weighted by Gasteiger charge is 2.13. The highest BCUT2D eigenvalue weighted by Crippen LogP contribution is 2.38. The molecule has 2 aromatic carbocycles. The van der Waals surface area contributed by atoms with E-state index in [4.69, 9.17) is 4.74 Å². The van der Waals surface area contributed by atoms with Crippen molar-refractivity contribution in [1.29, 1.82) is 0 Å². The van der Waals surface area contributed by atoms with Crippen molar-refractivity contribution in [2.24, 2.45) is 5.10 Å². The lowest BCUT2D eigenvalue weighted by Crippen LogP contribution is -2.25. The second-order valence-electron chi connectivity index (χ2n) is 6.19. The van der Waals surface area contributed by atoms with Crippen LogP contribution in [0.2, 0.25) is 0 Å².